The van der Waals surface area contributed by atoms with Crippen molar-refractivity contribution in [1.82, 2.24) is 10.6 Å². The summed E-state index contributed by atoms with van der Waals surface area (Å²) in [6.07, 6.45) is 6.17. The summed E-state index contributed by atoms with van der Waals surface area (Å²) >= 11 is 0. The molecule has 1 saturated carbocycles. The molecule has 142 valence electrons. The minimum atomic E-state index is -0.269. The number of carbonyl (C=O) groups is 2. The first-order valence-corrected chi connectivity index (χ1v) is 9.58. The SMILES string of the molecule is O=C(CNC(=O)c1ccc(Oc2ccccc2)cc1)NCC1CCCCC1. The molecular weight excluding hydrogens is 340 g/mol. The van der Waals surface area contributed by atoms with E-state index in [9.17, 15) is 9.59 Å². The molecule has 0 radical (unpaired) electrons. The maximum atomic E-state index is 12.2. The Balaban J connectivity index is 1.41. The summed E-state index contributed by atoms with van der Waals surface area (Å²) in [6, 6.07) is 16.3. The van der Waals surface area contributed by atoms with E-state index < -0.39 is 0 Å². The lowest BCUT2D eigenvalue weighted by molar-refractivity contribution is -0.120. The number of hydrogen-bond acceptors (Lipinski definition) is 3. The van der Waals surface area contributed by atoms with Crippen molar-refractivity contribution in [2.75, 3.05) is 13.1 Å². The highest BCUT2D eigenvalue weighted by atomic mass is 16.5. The van der Waals surface area contributed by atoms with Gasteiger partial charge in [0.2, 0.25) is 5.91 Å². The predicted octanol–water partition coefficient (Wildman–Crippen LogP) is 3.91. The Hall–Kier alpha value is -2.82. The third-order valence-corrected chi connectivity index (χ3v) is 4.82. The number of nitrogens with one attached hydrogen (secondary N) is 2. The molecule has 27 heavy (non-hydrogen) atoms. The van der Waals surface area contributed by atoms with Crippen LogP contribution in [0.4, 0.5) is 0 Å². The summed E-state index contributed by atoms with van der Waals surface area (Å²) in [5.74, 6) is 1.56. The number of carbonyl (C=O) groups excluding carboxylic acids is 2. The van der Waals surface area contributed by atoms with Crippen LogP contribution >= 0.6 is 0 Å². The van der Waals surface area contributed by atoms with Gasteiger partial charge in [0.1, 0.15) is 11.5 Å². The Bertz CT molecular complexity index is 738. The van der Waals surface area contributed by atoms with Crippen molar-refractivity contribution in [3.05, 3.63) is 60.2 Å². The Kier molecular flexibility index (Phi) is 6.85. The molecule has 0 atom stereocenters. The molecule has 2 aromatic rings. The smallest absolute Gasteiger partial charge is 0.251 e. The number of para-hydroxylation sites is 1. The maximum absolute atomic E-state index is 12.2. The van der Waals surface area contributed by atoms with Crippen LogP contribution < -0.4 is 15.4 Å². The van der Waals surface area contributed by atoms with Crippen LogP contribution in [0.1, 0.15) is 42.5 Å². The summed E-state index contributed by atoms with van der Waals surface area (Å²) < 4.78 is 5.70. The molecule has 0 saturated heterocycles. The zero-order chi connectivity index (χ0) is 18.9. The van der Waals surface area contributed by atoms with Gasteiger partial charge in [0.25, 0.3) is 5.91 Å². The van der Waals surface area contributed by atoms with Crippen molar-refractivity contribution in [1.29, 1.82) is 0 Å². The summed E-state index contributed by atoms with van der Waals surface area (Å²) in [7, 11) is 0. The summed E-state index contributed by atoms with van der Waals surface area (Å²) in [6.45, 7) is 0.702. The van der Waals surface area contributed by atoms with E-state index in [0.29, 0.717) is 23.8 Å². The first kappa shape index (κ1) is 19.0. The molecule has 1 fully saturated rings. The molecule has 0 heterocycles. The summed E-state index contributed by atoms with van der Waals surface area (Å²) in [4.78, 5) is 24.1. The maximum Gasteiger partial charge on any atom is 0.251 e. The van der Waals surface area contributed by atoms with Gasteiger partial charge >= 0.3 is 0 Å². The molecule has 2 amide bonds. The highest BCUT2D eigenvalue weighted by Gasteiger charge is 2.14. The van der Waals surface area contributed by atoms with E-state index in [1.807, 2.05) is 30.3 Å². The van der Waals surface area contributed by atoms with Gasteiger partial charge in [0, 0.05) is 12.1 Å². The van der Waals surface area contributed by atoms with E-state index >= 15 is 0 Å². The number of hydrogen-bond donors (Lipinski definition) is 2. The monoisotopic (exact) mass is 366 g/mol. The van der Waals surface area contributed by atoms with Gasteiger partial charge in [-0.15, -0.1) is 0 Å². The average Bonchev–Trinajstić information content (AvgIpc) is 2.72. The van der Waals surface area contributed by atoms with Gasteiger partial charge in [-0.3, -0.25) is 9.59 Å². The highest BCUT2D eigenvalue weighted by Crippen LogP contribution is 2.23. The van der Waals surface area contributed by atoms with Gasteiger partial charge in [0.15, 0.2) is 0 Å². The van der Waals surface area contributed by atoms with Crippen molar-refractivity contribution in [3.63, 3.8) is 0 Å². The van der Waals surface area contributed by atoms with Gasteiger partial charge in [-0.05, 0) is 55.2 Å². The number of amides is 2. The minimum Gasteiger partial charge on any atom is -0.457 e. The molecule has 3 rings (SSSR count). The van der Waals surface area contributed by atoms with Crippen LogP contribution in [0.2, 0.25) is 0 Å². The third-order valence-electron chi connectivity index (χ3n) is 4.82. The van der Waals surface area contributed by atoms with Crippen molar-refractivity contribution in [2.45, 2.75) is 32.1 Å². The van der Waals surface area contributed by atoms with Crippen LogP contribution in [-0.4, -0.2) is 24.9 Å². The van der Waals surface area contributed by atoms with E-state index in [0.717, 1.165) is 5.75 Å². The Morgan fingerprint density at radius 3 is 2.22 bits per heavy atom. The number of benzene rings is 2. The molecule has 1 aliphatic carbocycles. The van der Waals surface area contributed by atoms with Gasteiger partial charge < -0.3 is 15.4 Å². The zero-order valence-corrected chi connectivity index (χ0v) is 15.4. The van der Waals surface area contributed by atoms with Crippen LogP contribution in [-0.2, 0) is 4.79 Å². The quantitative estimate of drug-likeness (QED) is 0.781. The second-order valence-corrected chi connectivity index (χ2v) is 6.93. The molecule has 0 spiro atoms. The number of ether oxygens (including phenoxy) is 1. The van der Waals surface area contributed by atoms with Gasteiger partial charge in [0.05, 0.1) is 6.54 Å². The Morgan fingerprint density at radius 2 is 1.52 bits per heavy atom. The van der Waals surface area contributed by atoms with Gasteiger partial charge in [-0.25, -0.2) is 0 Å². The lowest BCUT2D eigenvalue weighted by Crippen LogP contribution is -2.39. The highest BCUT2D eigenvalue weighted by molar-refractivity contribution is 5.96. The summed E-state index contributed by atoms with van der Waals surface area (Å²) in [5, 5.41) is 5.59. The Morgan fingerprint density at radius 1 is 0.852 bits per heavy atom. The van der Waals surface area contributed by atoms with E-state index in [1.165, 1.54) is 32.1 Å². The molecule has 2 aromatic carbocycles. The van der Waals surface area contributed by atoms with Gasteiger partial charge in [-0.2, -0.15) is 0 Å². The second-order valence-electron chi connectivity index (χ2n) is 6.93. The Labute approximate surface area is 160 Å². The van der Waals surface area contributed by atoms with Crippen molar-refractivity contribution in [2.24, 2.45) is 5.92 Å². The van der Waals surface area contributed by atoms with E-state index in [4.69, 9.17) is 4.74 Å². The fraction of sp³-hybridized carbons (Fsp3) is 0.364. The largest absolute Gasteiger partial charge is 0.457 e. The molecule has 2 N–H and O–H groups in total. The zero-order valence-electron chi connectivity index (χ0n) is 15.4. The lowest BCUT2D eigenvalue weighted by atomic mass is 9.89. The van der Waals surface area contributed by atoms with Crippen molar-refractivity contribution >= 4 is 11.8 Å². The fourth-order valence-corrected chi connectivity index (χ4v) is 3.27. The predicted molar refractivity (Wildman–Crippen MR) is 105 cm³/mol. The molecule has 0 unspecified atom stereocenters. The molecule has 1 aliphatic rings. The van der Waals surface area contributed by atoms with Crippen LogP contribution in [0.3, 0.4) is 0 Å². The van der Waals surface area contributed by atoms with Crippen LogP contribution in [0.5, 0.6) is 11.5 Å². The molecule has 0 aliphatic heterocycles. The van der Waals surface area contributed by atoms with E-state index in [1.54, 1.807) is 24.3 Å². The van der Waals surface area contributed by atoms with Crippen LogP contribution in [0, 0.1) is 5.92 Å². The molecule has 0 bridgehead atoms. The molecular formula is C22H26N2O3. The van der Waals surface area contributed by atoms with Crippen LogP contribution in [0.15, 0.2) is 54.6 Å². The third kappa shape index (κ3) is 6.13. The standard InChI is InChI=1S/C22H26N2O3/c25-21(23-15-17-7-3-1-4-8-17)16-24-22(26)18-11-13-20(14-12-18)27-19-9-5-2-6-10-19/h2,5-6,9-14,17H,1,3-4,7-8,15-16H2,(H,23,25)(H,24,26). The average molecular weight is 366 g/mol. The molecule has 0 aromatic heterocycles. The molecule has 5 nitrogen and oxygen atoms in total. The first-order valence-electron chi connectivity index (χ1n) is 9.58. The van der Waals surface area contributed by atoms with E-state index in [2.05, 4.69) is 10.6 Å². The second kappa shape index (κ2) is 9.76. The van der Waals surface area contributed by atoms with Crippen LogP contribution in [0.25, 0.3) is 0 Å². The summed E-state index contributed by atoms with van der Waals surface area (Å²) in [5.41, 5.74) is 0.496. The molecule has 5 heteroatoms. The van der Waals surface area contributed by atoms with Gasteiger partial charge in [-0.1, -0.05) is 37.5 Å². The normalized spacial score (nSPS) is 14.4. The van der Waals surface area contributed by atoms with E-state index in [-0.39, 0.29) is 18.4 Å². The minimum absolute atomic E-state index is 0.00613. The van der Waals surface area contributed by atoms with Crippen molar-refractivity contribution in [3.8, 4) is 11.5 Å². The number of rotatable bonds is 7. The fourth-order valence-electron chi connectivity index (χ4n) is 3.27. The lowest BCUT2D eigenvalue weighted by Gasteiger charge is -2.21. The first-order chi connectivity index (χ1) is 13.2. The topological polar surface area (TPSA) is 67.4 Å². The van der Waals surface area contributed by atoms with Crippen molar-refractivity contribution < 1.29 is 14.3 Å².